The third-order valence-electron chi connectivity index (χ3n) is 12.6. The van der Waals surface area contributed by atoms with E-state index in [1.807, 2.05) is 81.4 Å². The van der Waals surface area contributed by atoms with E-state index in [2.05, 4.69) is 44.1 Å². The highest BCUT2D eigenvalue weighted by molar-refractivity contribution is 6.07. The highest BCUT2D eigenvalue weighted by Crippen LogP contribution is 2.62. The second-order valence-corrected chi connectivity index (χ2v) is 16.7. The first-order valence-corrected chi connectivity index (χ1v) is 19.9. The maximum Gasteiger partial charge on any atom is 0.341 e. The number of fused-ring (bicyclic) bond motifs is 1. The summed E-state index contributed by atoms with van der Waals surface area (Å²) in [7, 11) is 3.98. The number of hydrogen-bond donors (Lipinski definition) is 5. The minimum Gasteiger partial charge on any atom is -0.423 e. The van der Waals surface area contributed by atoms with Crippen LogP contribution in [0.3, 0.4) is 0 Å². The van der Waals surface area contributed by atoms with Gasteiger partial charge >= 0.3 is 5.97 Å². The lowest BCUT2D eigenvalue weighted by Crippen LogP contribution is -2.62. The molecule has 2 aliphatic carbocycles. The van der Waals surface area contributed by atoms with Crippen LogP contribution in [0, 0.1) is 22.7 Å². The number of carbonyl (C=O) groups is 2. The van der Waals surface area contributed by atoms with Gasteiger partial charge in [-0.05, 0) is 93.8 Å². The Morgan fingerprint density at radius 3 is 2.65 bits per heavy atom. The number of nitrogens with two attached hydrogens (primary N) is 1. The number of hydrogen-bond acceptors (Lipinski definition) is 12. The molecule has 2 aliphatic heterocycles. The van der Waals surface area contributed by atoms with Crippen LogP contribution in [0.25, 0.3) is 6.08 Å². The average Bonchev–Trinajstić information content (AvgIpc) is 3.84. The van der Waals surface area contributed by atoms with Gasteiger partial charge in [-0.15, -0.1) is 0 Å². The Morgan fingerprint density at radius 2 is 1.98 bits per heavy atom. The lowest BCUT2D eigenvalue weighted by atomic mass is 9.45. The van der Waals surface area contributed by atoms with Crippen molar-refractivity contribution in [3.05, 3.63) is 89.3 Å². The van der Waals surface area contributed by atoms with E-state index in [-0.39, 0.29) is 36.7 Å². The maximum absolute atomic E-state index is 13.8. The number of allylic oxidation sites excluding steroid dienone is 1. The van der Waals surface area contributed by atoms with Gasteiger partial charge in [0.2, 0.25) is 0 Å². The molecule has 6 rings (SSSR count). The van der Waals surface area contributed by atoms with E-state index in [1.54, 1.807) is 18.5 Å². The minimum absolute atomic E-state index is 0.0294. The van der Waals surface area contributed by atoms with Crippen molar-refractivity contribution in [1.82, 2.24) is 15.2 Å². The van der Waals surface area contributed by atoms with Crippen molar-refractivity contribution in [3.8, 4) is 0 Å². The smallest absolute Gasteiger partial charge is 0.341 e. The molecule has 2 aromatic rings. The van der Waals surface area contributed by atoms with Gasteiger partial charge in [-0.1, -0.05) is 56.3 Å². The van der Waals surface area contributed by atoms with E-state index < -0.39 is 35.0 Å². The molecule has 4 aliphatic rings. The number of esters is 1. The fraction of sp³-hybridized carbons (Fsp3) is 0.500. The number of Topliss-reactive ketones (excluding diaryl/α,β-unsaturated/α-hetero) is 1. The summed E-state index contributed by atoms with van der Waals surface area (Å²) in [4.78, 5) is 46.8. The van der Waals surface area contributed by atoms with E-state index >= 15 is 0 Å². The summed E-state index contributed by atoms with van der Waals surface area (Å²) in [5.41, 5.74) is 8.05. The molecule has 1 aromatic carbocycles. The Balaban J connectivity index is 1.31. The molecule has 0 amide bonds. The molecule has 6 N–H and O–H groups in total. The summed E-state index contributed by atoms with van der Waals surface area (Å²) in [5.74, 6) is 1.18. The fourth-order valence-corrected chi connectivity index (χ4v) is 9.12. The van der Waals surface area contributed by atoms with E-state index in [1.165, 1.54) is 0 Å². The highest BCUT2D eigenvalue weighted by atomic mass is 16.5. The maximum atomic E-state index is 13.8. The number of likely N-dealkylation sites (N-methyl/N-ethyl adjacent to an activating group) is 1. The number of pyridine rings is 1. The van der Waals surface area contributed by atoms with Crippen molar-refractivity contribution in [3.63, 3.8) is 0 Å². The van der Waals surface area contributed by atoms with E-state index in [9.17, 15) is 19.8 Å². The Labute approximate surface area is 336 Å². The molecule has 2 fully saturated rings. The lowest BCUT2D eigenvalue weighted by Gasteiger charge is -2.62. The number of amidine groups is 2. The van der Waals surface area contributed by atoms with E-state index in [0.29, 0.717) is 67.6 Å². The normalized spacial score (nSPS) is 29.2. The number of rotatable bonds is 16. The molecular formula is C44H58N8O5. The van der Waals surface area contributed by atoms with Gasteiger partial charge in [0.15, 0.2) is 5.78 Å². The van der Waals surface area contributed by atoms with Crippen molar-refractivity contribution >= 4 is 41.5 Å². The Kier molecular flexibility index (Phi) is 13.0. The van der Waals surface area contributed by atoms with Gasteiger partial charge in [0, 0.05) is 36.0 Å². The molecule has 1 aromatic heterocycles. The van der Waals surface area contributed by atoms with Gasteiger partial charge < -0.3 is 36.2 Å². The summed E-state index contributed by atoms with van der Waals surface area (Å²) in [6.07, 6.45) is 8.67. The van der Waals surface area contributed by atoms with Crippen LogP contribution < -0.4 is 16.4 Å². The molecule has 2 saturated carbocycles. The summed E-state index contributed by atoms with van der Waals surface area (Å²) in [6.45, 7) is 12.4. The summed E-state index contributed by atoms with van der Waals surface area (Å²) in [6, 6.07) is 11.8. The Hall–Kier alpha value is -4.82. The number of nitrogens with zero attached hydrogens (tertiary/aromatic N) is 5. The van der Waals surface area contributed by atoms with Gasteiger partial charge in [-0.3, -0.25) is 14.8 Å². The number of carbonyl (C=O) groups excluding carboxylic acids is 2. The molecule has 8 atom stereocenters. The van der Waals surface area contributed by atoms with Gasteiger partial charge in [-0.2, -0.15) is 0 Å². The van der Waals surface area contributed by atoms with Gasteiger partial charge in [0.1, 0.15) is 23.2 Å². The zero-order valence-electron chi connectivity index (χ0n) is 33.8. The van der Waals surface area contributed by atoms with E-state index in [4.69, 9.17) is 10.5 Å². The SMILES string of the molecule is C=C1C(NC(C)C(=O)CC2=NCC=N2)CC2[C@](C)(CC[C@@H](O)[C@@]2(C)CO)C1CC(Nc1ccccn1)C1=C/C(=C\c2ccc(C(N)=NCCN(C)C)cc2)OC1=O. The number of anilines is 1. The van der Waals surface area contributed by atoms with Crippen molar-refractivity contribution in [1.29, 1.82) is 0 Å². The van der Waals surface area contributed by atoms with Crippen LogP contribution in [-0.2, 0) is 14.3 Å². The number of benzene rings is 1. The Bertz CT molecular complexity index is 1960. The van der Waals surface area contributed by atoms with Crippen LogP contribution in [0.1, 0.15) is 64.0 Å². The first kappa shape index (κ1) is 41.8. The van der Waals surface area contributed by atoms with Crippen LogP contribution in [-0.4, -0.2) is 114 Å². The molecule has 0 saturated heterocycles. The Morgan fingerprint density at radius 1 is 1.21 bits per heavy atom. The zero-order chi connectivity index (χ0) is 40.9. The van der Waals surface area contributed by atoms with Gasteiger partial charge in [0.25, 0.3) is 0 Å². The van der Waals surface area contributed by atoms with Crippen molar-refractivity contribution in [2.45, 2.75) is 77.1 Å². The molecule has 57 heavy (non-hydrogen) atoms. The number of aliphatic hydroxyl groups is 2. The molecule has 3 heterocycles. The summed E-state index contributed by atoms with van der Waals surface area (Å²) >= 11 is 0. The molecule has 0 bridgehead atoms. The topological polar surface area (TPSA) is 187 Å². The van der Waals surface area contributed by atoms with Crippen molar-refractivity contribution in [2.24, 2.45) is 43.4 Å². The molecule has 5 unspecified atom stereocenters. The van der Waals surface area contributed by atoms with Crippen LogP contribution in [0.4, 0.5) is 5.82 Å². The van der Waals surface area contributed by atoms with Crippen molar-refractivity contribution < 1.29 is 24.5 Å². The lowest BCUT2D eigenvalue weighted by molar-refractivity contribution is -0.156. The van der Waals surface area contributed by atoms with E-state index in [0.717, 1.165) is 23.2 Å². The second kappa shape index (κ2) is 17.8. The molecular weight excluding hydrogens is 721 g/mol. The van der Waals surface area contributed by atoms with Crippen LogP contribution in [0.2, 0.25) is 0 Å². The molecule has 13 nitrogen and oxygen atoms in total. The number of nitrogens with one attached hydrogen (secondary N) is 2. The third kappa shape index (κ3) is 9.33. The first-order chi connectivity index (χ1) is 27.2. The fourth-order valence-electron chi connectivity index (χ4n) is 9.12. The predicted molar refractivity (Wildman–Crippen MR) is 225 cm³/mol. The number of ether oxygens (including phenoxy) is 1. The molecule has 0 spiro atoms. The number of aliphatic imine (C=N–C) groups is 3. The van der Waals surface area contributed by atoms with Crippen LogP contribution in [0.15, 0.2) is 93.2 Å². The number of ketones is 1. The van der Waals surface area contributed by atoms with Gasteiger partial charge in [0.05, 0.1) is 49.9 Å². The van der Waals surface area contributed by atoms with Crippen LogP contribution in [0.5, 0.6) is 0 Å². The standard InChI is InChI=1S/C44H58N8O5/c1-27-33(43(3)15-14-38(55)44(4,26-53)37(43)24-34(27)50-28(2)36(54)25-40-47-17-18-48-40)23-35(51-39-9-7-8-16-46-39)32-22-31(57-42(32)56)21-29-10-12-30(13-11-29)41(45)49-19-20-52(5)6/h7-13,16-17,21-22,28,33-35,37-38,50,53,55H,1,14-15,18-20,23-26H2,2-6H3,(H2,45,49)(H,46,51)/b31-21+/t28?,33?,34?,35?,37?,38-,43-,44+/m1/s1. The van der Waals surface area contributed by atoms with Crippen molar-refractivity contribution in [2.75, 3.05) is 45.7 Å². The highest BCUT2D eigenvalue weighted by Gasteiger charge is 2.60. The third-order valence-corrected chi connectivity index (χ3v) is 12.6. The van der Waals surface area contributed by atoms with Crippen LogP contribution >= 0.6 is 0 Å². The van der Waals surface area contributed by atoms with Gasteiger partial charge in [-0.25, -0.2) is 14.8 Å². The summed E-state index contributed by atoms with van der Waals surface area (Å²) < 4.78 is 5.87. The largest absolute Gasteiger partial charge is 0.423 e. The second-order valence-electron chi connectivity index (χ2n) is 16.7. The number of aromatic nitrogens is 1. The monoisotopic (exact) mass is 778 g/mol. The number of aliphatic hydroxyl groups excluding tert-OH is 2. The first-order valence-electron chi connectivity index (χ1n) is 19.9. The number of cyclic esters (lactones) is 1. The molecule has 13 heteroatoms. The molecule has 304 valence electrons. The quantitative estimate of drug-likeness (QED) is 0.0717. The molecule has 0 radical (unpaired) electrons. The zero-order valence-corrected chi connectivity index (χ0v) is 33.8. The average molecular weight is 779 g/mol. The minimum atomic E-state index is -0.796. The summed E-state index contributed by atoms with van der Waals surface area (Å²) in [5, 5.41) is 29.4. The predicted octanol–water partition coefficient (Wildman–Crippen LogP) is 4.18.